The van der Waals surface area contributed by atoms with Crippen LogP contribution in [0.1, 0.15) is 11.1 Å². The van der Waals surface area contributed by atoms with Crippen molar-refractivity contribution in [3.8, 4) is 5.75 Å². The highest BCUT2D eigenvalue weighted by Crippen LogP contribution is 2.28. The number of nitrogens with zero attached hydrogens (tertiary/aromatic N) is 2. The minimum absolute atomic E-state index is 0.0551. The molecule has 8 nitrogen and oxygen atoms in total. The topological polar surface area (TPSA) is 96.0 Å². The number of amides is 2. The van der Waals surface area contributed by atoms with Crippen LogP contribution in [0.15, 0.2) is 102 Å². The number of ether oxygens (including phenoxy) is 1. The minimum Gasteiger partial charge on any atom is -0.497 e. The molecule has 1 atom stereocenters. The van der Waals surface area contributed by atoms with Crippen molar-refractivity contribution in [1.82, 2.24) is 10.2 Å². The highest BCUT2D eigenvalue weighted by Gasteiger charge is 2.34. The number of nitrogens with one attached hydrogen (secondary N) is 1. The van der Waals surface area contributed by atoms with Crippen molar-refractivity contribution >= 4 is 62.3 Å². The first-order valence-corrected chi connectivity index (χ1v) is 16.0. The molecule has 0 aliphatic rings. The summed E-state index contributed by atoms with van der Waals surface area (Å²) in [5, 5.41) is 3.74. The second-order valence-electron chi connectivity index (χ2n) is 9.74. The molecule has 0 saturated heterocycles. The zero-order valence-corrected chi connectivity index (χ0v) is 27.0. The van der Waals surface area contributed by atoms with Crippen LogP contribution in [-0.4, -0.2) is 51.9 Å². The Bertz CT molecular complexity index is 1700. The van der Waals surface area contributed by atoms with Gasteiger partial charge in [0.15, 0.2) is 0 Å². The number of carbonyl (C=O) groups is 2. The first-order valence-electron chi connectivity index (χ1n) is 13.4. The number of rotatable bonds is 12. The van der Waals surface area contributed by atoms with Crippen molar-refractivity contribution in [3.63, 3.8) is 0 Å². The summed E-state index contributed by atoms with van der Waals surface area (Å²) < 4.78 is 34.3. The Balaban J connectivity index is 1.80. The molecule has 44 heavy (non-hydrogen) atoms. The molecule has 12 heteroatoms. The van der Waals surface area contributed by atoms with Crippen molar-refractivity contribution in [3.05, 3.63) is 123 Å². The van der Waals surface area contributed by atoms with Gasteiger partial charge in [-0.25, -0.2) is 8.42 Å². The number of benzene rings is 4. The standard InChI is InChI=1S/C32H30Cl3N3O5S/c1-36-32(40)30(18-22-6-4-3-5-7-22)37(20-23-8-9-25(34)19-29(23)35)31(39)21-38(26-12-10-24(33)11-13-26)44(41,42)28-16-14-27(43-2)15-17-28/h3-17,19,30H,18,20-21H2,1-2H3,(H,36,40). The van der Waals surface area contributed by atoms with Gasteiger partial charge in [-0.1, -0.05) is 71.2 Å². The smallest absolute Gasteiger partial charge is 0.264 e. The van der Waals surface area contributed by atoms with E-state index in [2.05, 4.69) is 5.32 Å². The summed E-state index contributed by atoms with van der Waals surface area (Å²) in [6.45, 7) is -0.708. The fourth-order valence-electron chi connectivity index (χ4n) is 4.57. The summed E-state index contributed by atoms with van der Waals surface area (Å²) in [6, 6.07) is 25.0. The molecular formula is C32H30Cl3N3O5S. The fourth-order valence-corrected chi connectivity index (χ4v) is 6.57. The van der Waals surface area contributed by atoms with Gasteiger partial charge in [0.05, 0.1) is 17.7 Å². The van der Waals surface area contributed by atoms with Gasteiger partial charge in [0.2, 0.25) is 11.8 Å². The SMILES string of the molecule is CNC(=O)C(Cc1ccccc1)N(Cc1ccc(Cl)cc1Cl)C(=O)CN(c1ccc(Cl)cc1)S(=O)(=O)c1ccc(OC)cc1. The lowest BCUT2D eigenvalue weighted by atomic mass is 10.0. The number of halogens is 3. The summed E-state index contributed by atoms with van der Waals surface area (Å²) in [5.41, 5.74) is 1.55. The first kappa shape index (κ1) is 33.1. The molecule has 1 unspecified atom stereocenters. The van der Waals surface area contributed by atoms with E-state index in [0.717, 1.165) is 9.87 Å². The molecule has 1 N–H and O–H groups in total. The van der Waals surface area contributed by atoms with Crippen LogP contribution in [-0.2, 0) is 32.6 Å². The monoisotopic (exact) mass is 673 g/mol. The molecule has 0 fully saturated rings. The Labute approximate surface area is 272 Å². The number of sulfonamides is 1. The molecule has 0 aliphatic carbocycles. The number of likely N-dealkylation sites (N-methyl/N-ethyl adjacent to an activating group) is 1. The molecule has 4 rings (SSSR count). The van der Waals surface area contributed by atoms with E-state index in [0.29, 0.717) is 26.4 Å². The normalized spacial score (nSPS) is 11.8. The van der Waals surface area contributed by atoms with Crippen LogP contribution in [0, 0.1) is 0 Å². The van der Waals surface area contributed by atoms with Crippen molar-refractivity contribution in [2.75, 3.05) is 25.0 Å². The van der Waals surface area contributed by atoms with E-state index in [1.165, 1.54) is 67.6 Å². The van der Waals surface area contributed by atoms with E-state index >= 15 is 0 Å². The third-order valence-electron chi connectivity index (χ3n) is 6.91. The lowest BCUT2D eigenvalue weighted by Gasteiger charge is -2.33. The van der Waals surface area contributed by atoms with Gasteiger partial charge < -0.3 is 15.0 Å². The van der Waals surface area contributed by atoms with Crippen molar-refractivity contribution in [2.45, 2.75) is 23.9 Å². The van der Waals surface area contributed by atoms with Gasteiger partial charge in [-0.2, -0.15) is 0 Å². The van der Waals surface area contributed by atoms with E-state index in [4.69, 9.17) is 39.5 Å². The number of methoxy groups -OCH3 is 1. The molecule has 0 spiro atoms. The maximum atomic E-state index is 14.3. The van der Waals surface area contributed by atoms with Gasteiger partial charge in [-0.05, 0) is 71.8 Å². The third kappa shape index (κ3) is 8.04. The van der Waals surface area contributed by atoms with Crippen LogP contribution < -0.4 is 14.4 Å². The van der Waals surface area contributed by atoms with Crippen LogP contribution in [0.5, 0.6) is 5.75 Å². The molecule has 4 aromatic rings. The van der Waals surface area contributed by atoms with Gasteiger partial charge in [0.25, 0.3) is 10.0 Å². The van der Waals surface area contributed by atoms with Crippen molar-refractivity contribution in [2.24, 2.45) is 0 Å². The zero-order chi connectivity index (χ0) is 31.9. The predicted molar refractivity (Wildman–Crippen MR) is 174 cm³/mol. The summed E-state index contributed by atoms with van der Waals surface area (Å²) >= 11 is 18.7. The van der Waals surface area contributed by atoms with Gasteiger partial charge in [-0.3, -0.25) is 13.9 Å². The molecule has 0 bridgehead atoms. The largest absolute Gasteiger partial charge is 0.497 e. The quantitative estimate of drug-likeness (QED) is 0.192. The summed E-state index contributed by atoms with van der Waals surface area (Å²) in [4.78, 5) is 29.0. The van der Waals surface area contributed by atoms with Crippen molar-refractivity contribution in [1.29, 1.82) is 0 Å². The highest BCUT2D eigenvalue weighted by atomic mass is 35.5. The van der Waals surface area contributed by atoms with E-state index in [-0.39, 0.29) is 23.5 Å². The van der Waals surface area contributed by atoms with Crippen LogP contribution in [0.3, 0.4) is 0 Å². The van der Waals surface area contributed by atoms with E-state index in [1.54, 1.807) is 18.2 Å². The second-order valence-corrected chi connectivity index (χ2v) is 12.9. The van der Waals surface area contributed by atoms with Crippen LogP contribution in [0.25, 0.3) is 0 Å². The fraction of sp³-hybridized carbons (Fsp3) is 0.188. The van der Waals surface area contributed by atoms with Gasteiger partial charge >= 0.3 is 0 Å². The van der Waals surface area contributed by atoms with Gasteiger partial charge in [0, 0.05) is 35.1 Å². The van der Waals surface area contributed by atoms with Crippen molar-refractivity contribution < 1.29 is 22.7 Å². The molecule has 0 saturated carbocycles. The van der Waals surface area contributed by atoms with Gasteiger partial charge in [-0.15, -0.1) is 0 Å². The zero-order valence-electron chi connectivity index (χ0n) is 23.9. The maximum Gasteiger partial charge on any atom is 0.264 e. The maximum absolute atomic E-state index is 14.3. The average molecular weight is 675 g/mol. The summed E-state index contributed by atoms with van der Waals surface area (Å²) in [5.74, 6) is -0.589. The third-order valence-corrected chi connectivity index (χ3v) is 9.54. The Kier molecular flexibility index (Phi) is 11.2. The predicted octanol–water partition coefficient (Wildman–Crippen LogP) is 6.24. The van der Waals surface area contributed by atoms with E-state index < -0.39 is 34.4 Å². The number of carbonyl (C=O) groups excluding carboxylic acids is 2. The second kappa shape index (κ2) is 14.8. The number of anilines is 1. The van der Waals surface area contributed by atoms with Crippen LogP contribution in [0.2, 0.25) is 15.1 Å². The Hall–Kier alpha value is -3.76. The molecule has 0 aliphatic heterocycles. The van der Waals surface area contributed by atoms with E-state index in [1.807, 2.05) is 30.3 Å². The summed E-state index contributed by atoms with van der Waals surface area (Å²) in [7, 11) is -1.32. The lowest BCUT2D eigenvalue weighted by Crippen LogP contribution is -2.53. The summed E-state index contributed by atoms with van der Waals surface area (Å²) in [6.07, 6.45) is 0.170. The average Bonchev–Trinajstić information content (AvgIpc) is 3.03. The van der Waals surface area contributed by atoms with E-state index in [9.17, 15) is 18.0 Å². The molecular weight excluding hydrogens is 645 g/mol. The highest BCUT2D eigenvalue weighted by molar-refractivity contribution is 7.92. The number of hydrogen-bond donors (Lipinski definition) is 1. The number of hydrogen-bond acceptors (Lipinski definition) is 5. The van der Waals surface area contributed by atoms with Crippen LogP contribution >= 0.6 is 34.8 Å². The molecule has 230 valence electrons. The minimum atomic E-state index is -4.27. The Morgan fingerprint density at radius 2 is 1.50 bits per heavy atom. The molecule has 0 heterocycles. The Morgan fingerprint density at radius 3 is 2.09 bits per heavy atom. The molecule has 4 aromatic carbocycles. The Morgan fingerprint density at radius 1 is 0.864 bits per heavy atom. The molecule has 2 amide bonds. The molecule has 0 radical (unpaired) electrons. The molecule has 0 aromatic heterocycles. The van der Waals surface area contributed by atoms with Gasteiger partial charge in [0.1, 0.15) is 18.3 Å². The lowest BCUT2D eigenvalue weighted by molar-refractivity contribution is -0.139. The van der Waals surface area contributed by atoms with Crippen LogP contribution in [0.4, 0.5) is 5.69 Å². The first-order chi connectivity index (χ1) is 21.0.